The number of rotatable bonds is 6. The quantitative estimate of drug-likeness (QED) is 0.343. The van der Waals surface area contributed by atoms with Gasteiger partial charge < -0.3 is 19.9 Å². The van der Waals surface area contributed by atoms with Crippen molar-refractivity contribution in [1.29, 1.82) is 5.26 Å². The monoisotopic (exact) mass is 571 g/mol. The minimum atomic E-state index is -4.60. The molecule has 1 N–H and O–H groups in total. The largest absolute Gasteiger partial charge is 0.433 e. The van der Waals surface area contributed by atoms with Gasteiger partial charge in [-0.25, -0.2) is 4.98 Å². The summed E-state index contributed by atoms with van der Waals surface area (Å²) in [5.74, 6) is 0. The topological polar surface area (TPSA) is 64.4 Å². The maximum atomic E-state index is 13.2. The lowest BCUT2D eigenvalue weighted by Gasteiger charge is -2.37. The highest BCUT2D eigenvalue weighted by molar-refractivity contribution is 7.80. The van der Waals surface area contributed by atoms with E-state index < -0.39 is 29.2 Å². The molecule has 1 aromatic heterocycles. The Morgan fingerprint density at radius 3 is 2.26 bits per heavy atom. The molecule has 210 valence electrons. The maximum absolute atomic E-state index is 13.2. The standard InChI is InChI=1S/C26H27F6N5OS/c27-25(28,29)22-13-19(2-1-17(22)14-33)35-18-3-6-21(7-4-18)38-16-24(39)37-11-9-36(10-12-37)20-5-8-23(34-15-20)26(30,31)32/h1-2,5,8,13,15,18,21,35H,3-4,6-7,9-12,16H2. The SMILES string of the molecule is N#Cc1ccc(NC2CCC(OCC(=S)N3CCN(c4ccc(C(F)(F)F)nc4)CC3)CC2)cc1C(F)(F)F. The second-order valence-corrected chi connectivity index (χ2v) is 10.0. The van der Waals surface area contributed by atoms with Crippen molar-refractivity contribution < 1.29 is 31.1 Å². The molecule has 0 amide bonds. The molecule has 1 saturated heterocycles. The van der Waals surface area contributed by atoms with E-state index >= 15 is 0 Å². The highest BCUT2D eigenvalue weighted by atomic mass is 32.1. The number of ether oxygens (including phenoxy) is 1. The highest BCUT2D eigenvalue weighted by Crippen LogP contribution is 2.34. The van der Waals surface area contributed by atoms with Crippen molar-refractivity contribution in [3.05, 3.63) is 53.3 Å². The van der Waals surface area contributed by atoms with Crippen LogP contribution >= 0.6 is 12.2 Å². The molecule has 0 spiro atoms. The van der Waals surface area contributed by atoms with E-state index in [2.05, 4.69) is 10.3 Å². The van der Waals surface area contributed by atoms with Crippen molar-refractivity contribution in [1.82, 2.24) is 9.88 Å². The van der Waals surface area contributed by atoms with Gasteiger partial charge in [0.2, 0.25) is 0 Å². The van der Waals surface area contributed by atoms with Crippen LogP contribution in [0.5, 0.6) is 0 Å². The fraction of sp³-hybridized carbons (Fsp3) is 0.500. The molecule has 4 rings (SSSR count). The molecule has 0 bridgehead atoms. The van der Waals surface area contributed by atoms with Gasteiger partial charge in [-0.15, -0.1) is 0 Å². The lowest BCUT2D eigenvalue weighted by molar-refractivity contribution is -0.141. The number of benzene rings is 1. The van der Waals surface area contributed by atoms with Crippen molar-refractivity contribution in [2.75, 3.05) is 43.0 Å². The zero-order valence-electron chi connectivity index (χ0n) is 20.9. The Bertz CT molecular complexity index is 1180. The number of anilines is 2. The van der Waals surface area contributed by atoms with Gasteiger partial charge in [0.25, 0.3) is 0 Å². The van der Waals surface area contributed by atoms with Gasteiger partial charge >= 0.3 is 12.4 Å². The molecule has 2 fully saturated rings. The summed E-state index contributed by atoms with van der Waals surface area (Å²) in [4.78, 5) is 8.18. The van der Waals surface area contributed by atoms with E-state index in [1.165, 1.54) is 24.4 Å². The van der Waals surface area contributed by atoms with Crippen LogP contribution in [0.4, 0.5) is 37.7 Å². The predicted molar refractivity (Wildman–Crippen MR) is 137 cm³/mol. The molecule has 13 heteroatoms. The summed E-state index contributed by atoms with van der Waals surface area (Å²) < 4.78 is 83.9. The van der Waals surface area contributed by atoms with Crippen molar-refractivity contribution in [2.24, 2.45) is 0 Å². The number of piperazine rings is 1. The summed E-state index contributed by atoms with van der Waals surface area (Å²) in [7, 11) is 0. The van der Waals surface area contributed by atoms with E-state index in [1.807, 2.05) is 9.80 Å². The van der Waals surface area contributed by atoms with Crippen LogP contribution in [-0.4, -0.2) is 59.8 Å². The number of halogens is 6. The summed E-state index contributed by atoms with van der Waals surface area (Å²) in [5.41, 5.74) is -1.31. The second kappa shape index (κ2) is 12.0. The average Bonchev–Trinajstić information content (AvgIpc) is 2.91. The highest BCUT2D eigenvalue weighted by Gasteiger charge is 2.34. The van der Waals surface area contributed by atoms with Crippen molar-refractivity contribution in [2.45, 2.75) is 50.2 Å². The third-order valence-electron chi connectivity index (χ3n) is 6.97. The number of nitriles is 1. The second-order valence-electron chi connectivity index (χ2n) is 9.57. The van der Waals surface area contributed by atoms with Gasteiger partial charge in [0.15, 0.2) is 0 Å². The van der Waals surface area contributed by atoms with Gasteiger partial charge in [-0.05, 0) is 56.0 Å². The van der Waals surface area contributed by atoms with Crippen LogP contribution in [0.25, 0.3) is 0 Å². The van der Waals surface area contributed by atoms with Crippen molar-refractivity contribution >= 4 is 28.6 Å². The van der Waals surface area contributed by atoms with Gasteiger partial charge in [-0.3, -0.25) is 0 Å². The van der Waals surface area contributed by atoms with Crippen LogP contribution in [-0.2, 0) is 17.1 Å². The lowest BCUT2D eigenvalue weighted by atomic mass is 9.92. The van der Waals surface area contributed by atoms with Crippen molar-refractivity contribution in [3.8, 4) is 6.07 Å². The van der Waals surface area contributed by atoms with E-state index in [1.54, 1.807) is 6.07 Å². The van der Waals surface area contributed by atoms with E-state index in [0.717, 1.165) is 37.8 Å². The van der Waals surface area contributed by atoms with Crippen LogP contribution in [0.3, 0.4) is 0 Å². The summed E-state index contributed by atoms with van der Waals surface area (Å²) in [6.45, 7) is 2.70. The molecular formula is C26H27F6N5OS. The van der Waals surface area contributed by atoms with Gasteiger partial charge in [-0.1, -0.05) is 12.2 Å². The molecule has 1 saturated carbocycles. The zero-order chi connectivity index (χ0) is 28.2. The maximum Gasteiger partial charge on any atom is 0.433 e. The molecule has 0 atom stereocenters. The molecule has 0 unspecified atom stereocenters. The number of aromatic nitrogens is 1. The number of alkyl halides is 6. The Balaban J connectivity index is 1.18. The van der Waals surface area contributed by atoms with Gasteiger partial charge in [-0.2, -0.15) is 31.6 Å². The van der Waals surface area contributed by atoms with Crippen molar-refractivity contribution in [3.63, 3.8) is 0 Å². The summed E-state index contributed by atoms with van der Waals surface area (Å²) in [6.07, 6.45) is -4.93. The number of hydrogen-bond acceptors (Lipinski definition) is 6. The fourth-order valence-electron chi connectivity index (χ4n) is 4.81. The third kappa shape index (κ3) is 7.51. The third-order valence-corrected chi connectivity index (χ3v) is 7.34. The van der Waals surface area contributed by atoms with E-state index in [9.17, 15) is 26.3 Å². The summed E-state index contributed by atoms with van der Waals surface area (Å²) >= 11 is 5.55. The first-order chi connectivity index (χ1) is 18.4. The number of hydrogen-bond donors (Lipinski definition) is 1. The molecule has 1 aliphatic carbocycles. The Labute approximate surface area is 227 Å². The van der Waals surface area contributed by atoms with Crippen LogP contribution in [0.1, 0.15) is 42.5 Å². The van der Waals surface area contributed by atoms with E-state index in [4.69, 9.17) is 22.2 Å². The molecule has 0 radical (unpaired) electrons. The Kier molecular flexibility index (Phi) is 8.86. The van der Waals surface area contributed by atoms with Gasteiger partial charge in [0.1, 0.15) is 10.7 Å². The van der Waals surface area contributed by atoms with Crippen LogP contribution in [0.2, 0.25) is 0 Å². The molecule has 2 aromatic rings. The molecule has 39 heavy (non-hydrogen) atoms. The summed E-state index contributed by atoms with van der Waals surface area (Å²) in [5, 5.41) is 12.1. The number of pyridine rings is 1. The zero-order valence-corrected chi connectivity index (χ0v) is 21.7. The average molecular weight is 572 g/mol. The molecule has 2 aliphatic rings. The predicted octanol–water partition coefficient (Wildman–Crippen LogP) is 5.88. The van der Waals surface area contributed by atoms with Crippen LogP contribution in [0, 0.1) is 11.3 Å². The lowest BCUT2D eigenvalue weighted by Crippen LogP contribution is -2.49. The van der Waals surface area contributed by atoms with E-state index in [0.29, 0.717) is 42.5 Å². The minimum Gasteiger partial charge on any atom is -0.382 e. The fourth-order valence-corrected chi connectivity index (χ4v) is 5.06. The molecule has 1 aliphatic heterocycles. The Morgan fingerprint density at radius 1 is 1.00 bits per heavy atom. The molecule has 6 nitrogen and oxygen atoms in total. The number of nitrogens with one attached hydrogen (secondary N) is 1. The van der Waals surface area contributed by atoms with E-state index in [-0.39, 0.29) is 18.8 Å². The molecule has 1 aromatic carbocycles. The Morgan fingerprint density at radius 2 is 1.69 bits per heavy atom. The first-order valence-electron chi connectivity index (χ1n) is 12.5. The normalized spacial score (nSPS) is 20.4. The minimum absolute atomic E-state index is 0.00131. The summed E-state index contributed by atoms with van der Waals surface area (Å²) in [6, 6.07) is 7.64. The molecule has 2 heterocycles. The number of thiocarbonyl (C=S) groups is 1. The first-order valence-corrected chi connectivity index (χ1v) is 12.9. The smallest absolute Gasteiger partial charge is 0.382 e. The first kappa shape index (κ1) is 28.9. The van der Waals surface area contributed by atoms with Crippen LogP contribution in [0.15, 0.2) is 36.5 Å². The molecular weight excluding hydrogens is 544 g/mol. The van der Waals surface area contributed by atoms with Gasteiger partial charge in [0.05, 0.1) is 41.8 Å². The van der Waals surface area contributed by atoms with Crippen LogP contribution < -0.4 is 10.2 Å². The van der Waals surface area contributed by atoms with Gasteiger partial charge in [0, 0.05) is 37.9 Å². The Hall–Kier alpha value is -3.11. The number of nitrogens with zero attached hydrogens (tertiary/aromatic N) is 4.